The first-order chi connectivity index (χ1) is 68.3. The zero-order valence-corrected chi connectivity index (χ0v) is 81.2. The summed E-state index contributed by atoms with van der Waals surface area (Å²) in [5.41, 5.74) is 14.4. The molecule has 9 aliphatic rings. The van der Waals surface area contributed by atoms with Gasteiger partial charge in [-0.25, -0.2) is 9.59 Å². The lowest BCUT2D eigenvalue weighted by molar-refractivity contribution is -0.126. The molecular formula is C104H130BrN21O14. The van der Waals surface area contributed by atoms with Crippen LogP contribution in [0.3, 0.4) is 0 Å². The van der Waals surface area contributed by atoms with Gasteiger partial charge in [-0.1, -0.05) is 92.9 Å². The SMILES string of the molecule is C.C=CC(=O)N1CCN(c2nc(OCCCN3CCOCC3)nc3c2CCN(c2cc(O)cc4cccnc24)C3)CC1.COCOc1cc(Br)c2ncccc2c1.Cc1cc(N2CCc3c(nc(OCCCN4CCOCC4)nc3N3CCN(C(=O)OCc4ccccc4)CC3)C2)c2ncccc2c1.O=C(OCc1ccccc1)N1CCN(c2nc(OCCCN3CCOCC3)nc3c2CCNC3)CC1. The maximum Gasteiger partial charge on any atom is 0.410 e. The molecule has 0 radical (unpaired) electrons. The molecule has 6 aromatic heterocycles. The van der Waals surface area contributed by atoms with Crippen LogP contribution in [0.4, 0.5) is 38.4 Å². The Morgan fingerprint density at radius 1 is 0.450 bits per heavy atom. The van der Waals surface area contributed by atoms with Crippen molar-refractivity contribution in [2.24, 2.45) is 0 Å². The molecule has 6 fully saturated rings. The lowest BCUT2D eigenvalue weighted by Gasteiger charge is -2.38. The number of fused-ring (bicyclic) bond motifs is 6. The summed E-state index contributed by atoms with van der Waals surface area (Å²) in [4.78, 5) is 105. The van der Waals surface area contributed by atoms with Gasteiger partial charge in [0.05, 0.1) is 118 Å². The lowest BCUT2D eigenvalue weighted by atomic mass is 10.0. The summed E-state index contributed by atoms with van der Waals surface area (Å²) in [6, 6.07) is 44.4. The van der Waals surface area contributed by atoms with Gasteiger partial charge >= 0.3 is 30.2 Å². The van der Waals surface area contributed by atoms with Gasteiger partial charge in [0.15, 0.2) is 6.79 Å². The van der Waals surface area contributed by atoms with Crippen molar-refractivity contribution in [1.82, 2.24) is 79.6 Å². The highest BCUT2D eigenvalue weighted by molar-refractivity contribution is 9.10. The zero-order chi connectivity index (χ0) is 95.4. The fourth-order valence-corrected chi connectivity index (χ4v) is 19.3. The number of ether oxygens (including phenoxy) is 10. The fourth-order valence-electron chi connectivity index (χ4n) is 18.7. The number of piperazine rings is 3. The van der Waals surface area contributed by atoms with E-state index in [1.807, 2.05) is 114 Å². The molecule has 742 valence electrons. The summed E-state index contributed by atoms with van der Waals surface area (Å²) in [7, 11) is 1.59. The number of amides is 3. The van der Waals surface area contributed by atoms with Gasteiger partial charge in [-0.15, -0.1) is 0 Å². The summed E-state index contributed by atoms with van der Waals surface area (Å²) in [5.74, 6) is 3.70. The molecule has 0 spiro atoms. The first kappa shape index (κ1) is 100. The Bertz CT molecular complexity index is 5910. The Kier molecular flexibility index (Phi) is 36.3. The van der Waals surface area contributed by atoms with Gasteiger partial charge in [0.2, 0.25) is 5.91 Å². The molecule has 0 bridgehead atoms. The van der Waals surface area contributed by atoms with Crippen LogP contribution in [0, 0.1) is 6.92 Å². The number of benzene rings is 5. The van der Waals surface area contributed by atoms with E-state index in [0.717, 1.165) is 274 Å². The molecule has 140 heavy (non-hydrogen) atoms. The van der Waals surface area contributed by atoms with Crippen molar-refractivity contribution in [1.29, 1.82) is 0 Å². The largest absolute Gasteiger partial charge is 0.508 e. The number of phenolic OH excluding ortho intramolecular Hbond substituents is 1. The van der Waals surface area contributed by atoms with Crippen molar-refractivity contribution in [3.63, 3.8) is 0 Å². The van der Waals surface area contributed by atoms with Gasteiger partial charge in [-0.05, 0) is 139 Å². The van der Waals surface area contributed by atoms with E-state index in [9.17, 15) is 19.5 Å². The van der Waals surface area contributed by atoms with E-state index in [0.29, 0.717) is 136 Å². The summed E-state index contributed by atoms with van der Waals surface area (Å²) in [6.07, 6.45) is 11.4. The van der Waals surface area contributed by atoms with E-state index >= 15 is 0 Å². The molecule has 6 saturated heterocycles. The van der Waals surface area contributed by atoms with Crippen LogP contribution < -0.4 is 48.8 Å². The van der Waals surface area contributed by atoms with Crippen LogP contribution in [0.15, 0.2) is 169 Å². The van der Waals surface area contributed by atoms with Crippen LogP contribution in [0.2, 0.25) is 0 Å². The number of pyridine rings is 3. The first-order valence-corrected chi connectivity index (χ1v) is 49.4. The number of methoxy groups -OCH3 is 1. The lowest BCUT2D eigenvalue weighted by Crippen LogP contribution is -2.49. The van der Waals surface area contributed by atoms with Crippen LogP contribution in [0.5, 0.6) is 29.5 Å². The number of halogens is 1. The van der Waals surface area contributed by atoms with Gasteiger partial charge in [0.25, 0.3) is 0 Å². The second-order valence-corrected chi connectivity index (χ2v) is 36.3. The summed E-state index contributed by atoms with van der Waals surface area (Å²) in [5, 5.41) is 16.9. The Labute approximate surface area is 827 Å². The van der Waals surface area contributed by atoms with Gasteiger partial charge in [0.1, 0.15) is 42.2 Å². The molecule has 35 nitrogen and oxygen atoms in total. The van der Waals surface area contributed by atoms with Crippen molar-refractivity contribution in [3.05, 3.63) is 220 Å². The molecule has 3 amide bonds. The standard InChI is InChI=1S/C36H43N7O4.C30H37N7O4.C26H36N6O4.C11H10BrNO2.CH4/c1-27-23-29-9-5-11-37-33(29)32(24-27)43-13-10-30-31(25-43)38-35(46-20-6-12-40-18-21-45-22-19-40)39-34(30)41-14-16-42(17-15-41)36(44)47-26-28-7-3-2-4-8-28;1-2-27(39)35-10-12-36(13-11-35)29-24-6-9-37(26-20-23(38)19-22-5-3-7-31-28(22)26)21-25(24)32-30(33-29)41-16-4-8-34-14-17-40-18-15-34;33-26(36-20-21-5-2-1-3-6-21)32-12-10-31(11-13-32)24-22-7-8-27-19-23(22)28-25(29-24)35-16-4-9-30-14-17-34-18-15-30;1-14-7-15-9-5-8-3-2-4-13-11(8)10(12)6-9;/h2-5,7-9,11,23-24H,6,10,12-22,25-26H2,1H3;2-3,5,7,19-20,38H,1,4,6,8-18,21H2;1-3,5-6,27H,4,7-20H2;2-6H,7H2,1H3;1H4. The number of aromatic hydroxyl groups is 1. The molecule has 0 saturated carbocycles. The average Bonchev–Trinajstić information content (AvgIpc) is 0.767. The van der Waals surface area contributed by atoms with Crippen LogP contribution in [0.1, 0.15) is 77.2 Å². The number of aromatic nitrogens is 9. The number of carbonyl (C=O) groups is 3. The number of rotatable bonds is 28. The smallest absolute Gasteiger partial charge is 0.410 e. The summed E-state index contributed by atoms with van der Waals surface area (Å²) < 4.78 is 57.0. The minimum absolute atomic E-state index is 0. The predicted molar refractivity (Wildman–Crippen MR) is 542 cm³/mol. The number of phenols is 1. The van der Waals surface area contributed by atoms with Gasteiger partial charge < -0.3 is 97.0 Å². The Morgan fingerprint density at radius 3 is 1.31 bits per heavy atom. The molecule has 5 aromatic carbocycles. The topological polar surface area (TPSA) is 327 Å². The van der Waals surface area contributed by atoms with E-state index in [-0.39, 0.29) is 44.7 Å². The Balaban J connectivity index is 0.000000141. The summed E-state index contributed by atoms with van der Waals surface area (Å²) >= 11 is 3.46. The number of carbonyl (C=O) groups excluding carboxylic acids is 3. The second-order valence-electron chi connectivity index (χ2n) is 35.5. The van der Waals surface area contributed by atoms with Gasteiger partial charge in [0, 0.05) is 226 Å². The van der Waals surface area contributed by atoms with Crippen molar-refractivity contribution >= 4 is 95.6 Å². The van der Waals surface area contributed by atoms with E-state index < -0.39 is 0 Å². The fraction of sp³-hybridized carbons (Fsp3) is 0.462. The first-order valence-electron chi connectivity index (χ1n) is 48.6. The van der Waals surface area contributed by atoms with Gasteiger partial charge in [-0.3, -0.25) is 34.4 Å². The Morgan fingerprint density at radius 2 is 0.864 bits per heavy atom. The summed E-state index contributed by atoms with van der Waals surface area (Å²) in [6.45, 7) is 33.8. The monoisotopic (exact) mass is 1980 g/mol. The maximum atomic E-state index is 12.9. The molecule has 0 unspecified atom stereocenters. The molecule has 20 rings (SSSR count). The highest BCUT2D eigenvalue weighted by atomic mass is 79.9. The Hall–Kier alpha value is -12.5. The van der Waals surface area contributed by atoms with Gasteiger partial charge in [-0.2, -0.15) is 29.9 Å². The third-order valence-corrected chi connectivity index (χ3v) is 26.7. The number of nitrogens with one attached hydrogen (secondary N) is 1. The normalized spacial score (nSPS) is 16.9. The number of anilines is 5. The third-order valence-electron chi connectivity index (χ3n) is 26.1. The predicted octanol–water partition coefficient (Wildman–Crippen LogP) is 12.0. The van der Waals surface area contributed by atoms with Crippen LogP contribution in [-0.4, -0.2) is 328 Å². The maximum absolute atomic E-state index is 12.9. The van der Waals surface area contributed by atoms with E-state index in [2.05, 4.69) is 102 Å². The van der Waals surface area contributed by atoms with Crippen LogP contribution in [0.25, 0.3) is 32.7 Å². The van der Waals surface area contributed by atoms with Crippen molar-refractivity contribution < 1.29 is 66.9 Å². The van der Waals surface area contributed by atoms with Crippen molar-refractivity contribution in [3.8, 4) is 29.5 Å². The minimum Gasteiger partial charge on any atom is -0.508 e. The molecule has 0 aliphatic carbocycles. The van der Waals surface area contributed by atoms with E-state index in [1.165, 1.54) is 17.2 Å². The number of morpholine rings is 3. The number of nitrogens with zero attached hydrogens (tertiary/aromatic N) is 20. The molecule has 9 aliphatic heterocycles. The number of hydrogen-bond donors (Lipinski definition) is 2. The molecule has 15 heterocycles. The molecule has 11 aromatic rings. The number of aryl methyl sites for hydroxylation is 1. The molecule has 2 N–H and O–H groups in total. The van der Waals surface area contributed by atoms with E-state index in [4.69, 9.17) is 82.3 Å². The molecule has 0 atom stereocenters. The van der Waals surface area contributed by atoms with Crippen LogP contribution >= 0.6 is 15.9 Å². The van der Waals surface area contributed by atoms with Crippen molar-refractivity contribution in [2.45, 2.75) is 85.7 Å². The van der Waals surface area contributed by atoms with E-state index in [1.54, 1.807) is 41.4 Å². The third kappa shape index (κ3) is 27.0. The highest BCUT2D eigenvalue weighted by Gasteiger charge is 2.35. The molecule has 36 heteroatoms. The van der Waals surface area contributed by atoms with Crippen LogP contribution in [-0.2, 0) is 85.3 Å². The quantitative estimate of drug-likeness (QED) is 0.0261. The number of hydrogen-bond acceptors (Lipinski definition) is 32. The van der Waals surface area contributed by atoms with Crippen molar-refractivity contribution in [2.75, 3.05) is 255 Å². The highest BCUT2D eigenvalue weighted by Crippen LogP contribution is 2.39. The second kappa shape index (κ2) is 50.6. The zero-order valence-electron chi connectivity index (χ0n) is 79.6. The molecular weight excluding hydrogens is 1850 g/mol. The average molecular weight is 1980 g/mol. The minimum atomic E-state index is -0.280.